The third-order valence-electron chi connectivity index (χ3n) is 11.2. The number of rotatable bonds is 16. The van der Waals surface area contributed by atoms with Gasteiger partial charge in [0.05, 0.1) is 20.6 Å². The predicted molar refractivity (Wildman–Crippen MR) is 191 cm³/mol. The normalized spacial score (nSPS) is 22.4. The minimum atomic E-state index is -1.05. The molecule has 45 heavy (non-hydrogen) atoms. The van der Waals surface area contributed by atoms with Crippen LogP contribution in [0.1, 0.15) is 121 Å². The molecule has 2 aliphatic rings. The lowest BCUT2D eigenvalue weighted by atomic mass is 9.70. The fourth-order valence-electron chi connectivity index (χ4n) is 7.98. The van der Waals surface area contributed by atoms with E-state index in [4.69, 9.17) is 14.6 Å². The quantitative estimate of drug-likeness (QED) is 0.113. The summed E-state index contributed by atoms with van der Waals surface area (Å²) in [6.07, 6.45) is 16.9. The summed E-state index contributed by atoms with van der Waals surface area (Å²) in [5.41, 5.74) is 5.74. The summed E-state index contributed by atoms with van der Waals surface area (Å²) in [6, 6.07) is 17.0. The van der Waals surface area contributed by atoms with Crippen LogP contribution in [0.2, 0.25) is 24.7 Å². The maximum atomic E-state index is 12.2. The van der Waals surface area contributed by atoms with E-state index < -0.39 is 8.07 Å². The van der Waals surface area contributed by atoms with Crippen molar-refractivity contribution in [2.45, 2.75) is 141 Å². The number of carbonyl (C=O) groups excluding carboxylic acids is 1. The summed E-state index contributed by atoms with van der Waals surface area (Å²) < 4.78 is 11.7. The van der Waals surface area contributed by atoms with Crippen molar-refractivity contribution in [2.75, 3.05) is 13.2 Å². The second kappa shape index (κ2) is 17.7. The van der Waals surface area contributed by atoms with Crippen LogP contribution in [0, 0.1) is 17.8 Å². The first-order chi connectivity index (χ1) is 21.7. The molecule has 2 aliphatic carbocycles. The molecule has 0 aromatic heterocycles. The number of carbonyl (C=O) groups is 1. The fraction of sp³-hybridized carbons (Fsp3) is 0.675. The van der Waals surface area contributed by atoms with Gasteiger partial charge in [-0.05, 0) is 97.1 Å². The molecule has 4 rings (SSSR count). The summed E-state index contributed by atoms with van der Waals surface area (Å²) in [4.78, 5) is 12.2. The number of aliphatic hydroxyl groups excluding tert-OH is 1. The van der Waals surface area contributed by atoms with E-state index >= 15 is 0 Å². The molecule has 2 aromatic rings. The lowest BCUT2D eigenvalue weighted by Gasteiger charge is -2.42. The monoisotopic (exact) mass is 634 g/mol. The highest BCUT2D eigenvalue weighted by Crippen LogP contribution is 2.48. The third-order valence-corrected chi connectivity index (χ3v) is 15.6. The van der Waals surface area contributed by atoms with Crippen LogP contribution in [0.15, 0.2) is 42.5 Å². The molecule has 1 N–H and O–H groups in total. The average Bonchev–Trinajstić information content (AvgIpc) is 3.06. The van der Waals surface area contributed by atoms with Gasteiger partial charge in [0.1, 0.15) is 12.4 Å². The Bertz CT molecular complexity index is 1160. The van der Waals surface area contributed by atoms with Crippen molar-refractivity contribution in [3.05, 3.63) is 53.6 Å². The number of unbranched alkanes of at least 4 members (excludes halogenated alkanes) is 3. The highest BCUT2D eigenvalue weighted by Gasteiger charge is 2.37. The lowest BCUT2D eigenvalue weighted by Crippen LogP contribution is -2.36. The smallest absolute Gasteiger partial charge is 0.308 e. The number of hydrogen-bond donors (Lipinski definition) is 1. The van der Waals surface area contributed by atoms with Crippen molar-refractivity contribution in [3.63, 3.8) is 0 Å². The standard InChI is InChI=1S/C40H62O4Si/c1-6-7-27-45(4,5)38-22-19-34(20-23-38)33-13-11-31(12-14-33)32-15-17-35(18-16-32)36-21-24-39(43-26-10-8-9-25-41)37(28-36)29-44-40(42)30(2)3/h15-18,21,24,28,30-31,33-34,38,41H,6-14,19-20,22-23,25-27,29H2,1-5H3. The Balaban J connectivity index is 1.32. The SMILES string of the molecule is CCCC[Si](C)(C)C1CCC(C2CCC(c3ccc(-c4ccc(OCCCCCO)c(COC(=O)C(C)C)c4)cc3)CC2)CC1. The zero-order valence-corrected chi connectivity index (χ0v) is 30.1. The zero-order chi connectivity index (χ0) is 32.2. The Morgan fingerprint density at radius 3 is 2.11 bits per heavy atom. The Morgan fingerprint density at radius 1 is 0.844 bits per heavy atom. The predicted octanol–water partition coefficient (Wildman–Crippen LogP) is 10.9. The molecule has 4 nitrogen and oxygen atoms in total. The highest BCUT2D eigenvalue weighted by molar-refractivity contribution is 6.78. The first-order valence-corrected chi connectivity index (χ1v) is 21.6. The van der Waals surface area contributed by atoms with Crippen molar-refractivity contribution in [1.82, 2.24) is 0 Å². The van der Waals surface area contributed by atoms with Crippen LogP contribution in [-0.2, 0) is 16.1 Å². The van der Waals surface area contributed by atoms with Crippen LogP contribution in [0.25, 0.3) is 11.1 Å². The van der Waals surface area contributed by atoms with Gasteiger partial charge >= 0.3 is 5.97 Å². The third kappa shape index (κ3) is 10.4. The number of benzene rings is 2. The molecule has 0 spiro atoms. The van der Waals surface area contributed by atoms with E-state index in [0.29, 0.717) is 12.5 Å². The van der Waals surface area contributed by atoms with Gasteiger partial charge in [0.25, 0.3) is 0 Å². The van der Waals surface area contributed by atoms with Crippen LogP contribution in [0.5, 0.6) is 5.75 Å². The second-order valence-corrected chi connectivity index (χ2v) is 20.4. The molecule has 5 heteroatoms. The number of aliphatic hydroxyl groups is 1. The summed E-state index contributed by atoms with van der Waals surface area (Å²) >= 11 is 0. The van der Waals surface area contributed by atoms with Crippen molar-refractivity contribution < 1.29 is 19.4 Å². The largest absolute Gasteiger partial charge is 0.493 e. The van der Waals surface area contributed by atoms with Crippen LogP contribution in [0.3, 0.4) is 0 Å². The molecule has 0 amide bonds. The van der Waals surface area contributed by atoms with Gasteiger partial charge < -0.3 is 14.6 Å². The molecule has 2 fully saturated rings. The molecule has 0 aliphatic heterocycles. The van der Waals surface area contributed by atoms with E-state index in [1.165, 1.54) is 81.4 Å². The first-order valence-electron chi connectivity index (χ1n) is 18.3. The van der Waals surface area contributed by atoms with Gasteiger partial charge in [0.2, 0.25) is 0 Å². The average molecular weight is 635 g/mol. The second-order valence-electron chi connectivity index (χ2n) is 15.2. The summed E-state index contributed by atoms with van der Waals surface area (Å²) in [7, 11) is -1.05. The van der Waals surface area contributed by atoms with Gasteiger partial charge in [-0.2, -0.15) is 0 Å². The van der Waals surface area contributed by atoms with Crippen LogP contribution >= 0.6 is 0 Å². The molecule has 2 aromatic carbocycles. The number of hydrogen-bond acceptors (Lipinski definition) is 4. The van der Waals surface area contributed by atoms with E-state index in [9.17, 15) is 4.79 Å². The molecule has 250 valence electrons. The highest BCUT2D eigenvalue weighted by atomic mass is 28.3. The van der Waals surface area contributed by atoms with E-state index in [1.54, 1.807) is 0 Å². The van der Waals surface area contributed by atoms with Crippen molar-refractivity contribution in [3.8, 4) is 16.9 Å². The molecule has 0 unspecified atom stereocenters. The van der Waals surface area contributed by atoms with Gasteiger partial charge in [-0.25, -0.2) is 0 Å². The maximum absolute atomic E-state index is 12.2. The Labute approximate surface area is 275 Å². The van der Waals surface area contributed by atoms with E-state index in [0.717, 1.165) is 53.5 Å². The van der Waals surface area contributed by atoms with E-state index in [-0.39, 0.29) is 25.1 Å². The van der Waals surface area contributed by atoms with Gasteiger partial charge in [0.15, 0.2) is 0 Å². The van der Waals surface area contributed by atoms with Crippen molar-refractivity contribution in [1.29, 1.82) is 0 Å². The molecule has 0 saturated heterocycles. The molecule has 0 bridgehead atoms. The molecule has 0 radical (unpaired) electrons. The minimum absolute atomic E-state index is 0.164. The Hall–Kier alpha value is -2.11. The molecule has 2 saturated carbocycles. The Morgan fingerprint density at radius 2 is 1.49 bits per heavy atom. The summed E-state index contributed by atoms with van der Waals surface area (Å²) in [5, 5.41) is 9.04. The molecular weight excluding hydrogens is 573 g/mol. The first kappa shape index (κ1) is 35.7. The van der Waals surface area contributed by atoms with Gasteiger partial charge in [-0.1, -0.05) is 109 Å². The fourth-order valence-corrected chi connectivity index (χ4v) is 11.6. The lowest BCUT2D eigenvalue weighted by molar-refractivity contribution is -0.148. The van der Waals surface area contributed by atoms with Gasteiger partial charge in [-0.15, -0.1) is 0 Å². The van der Waals surface area contributed by atoms with Crippen LogP contribution < -0.4 is 4.74 Å². The number of ether oxygens (including phenoxy) is 2. The van der Waals surface area contributed by atoms with Gasteiger partial charge in [0, 0.05) is 12.2 Å². The molecular formula is C40H62O4Si. The van der Waals surface area contributed by atoms with E-state index in [1.807, 2.05) is 19.9 Å². The molecule has 0 atom stereocenters. The number of esters is 1. The minimum Gasteiger partial charge on any atom is -0.493 e. The van der Waals surface area contributed by atoms with Crippen LogP contribution in [0.4, 0.5) is 0 Å². The van der Waals surface area contributed by atoms with Crippen molar-refractivity contribution in [2.24, 2.45) is 17.8 Å². The summed E-state index contributed by atoms with van der Waals surface area (Å²) in [5.74, 6) is 3.00. The van der Waals surface area contributed by atoms with Crippen molar-refractivity contribution >= 4 is 14.0 Å². The Kier molecular flexibility index (Phi) is 14.1. The summed E-state index contributed by atoms with van der Waals surface area (Å²) in [6.45, 7) is 12.4. The maximum Gasteiger partial charge on any atom is 0.308 e. The topological polar surface area (TPSA) is 55.8 Å². The van der Waals surface area contributed by atoms with Gasteiger partial charge in [-0.3, -0.25) is 4.79 Å². The van der Waals surface area contributed by atoms with E-state index in [2.05, 4.69) is 56.4 Å². The molecule has 0 heterocycles. The zero-order valence-electron chi connectivity index (χ0n) is 29.1. The van der Waals surface area contributed by atoms with Crippen LogP contribution in [-0.4, -0.2) is 32.4 Å².